The molecule has 1 aromatic carbocycles. The standard InChI is InChI=1S/C16H19N3O2/c1-12-5-4-8-18(10-12)16(21)11-19-14-7-3-2-6-13(14)15(20)9-17-19/h2-3,6-7,9,12H,4-5,8,10-11H2,1H3. The SMILES string of the molecule is CC1CCCN(C(=O)Cn2ncc(=O)c3ccccc32)C1. The van der Waals surface area contributed by atoms with E-state index in [1.165, 1.54) is 12.6 Å². The molecule has 1 aliphatic heterocycles. The smallest absolute Gasteiger partial charge is 0.244 e. The average molecular weight is 285 g/mol. The van der Waals surface area contributed by atoms with Crippen LogP contribution in [0.2, 0.25) is 0 Å². The van der Waals surface area contributed by atoms with E-state index in [9.17, 15) is 9.59 Å². The second-order valence-corrected chi connectivity index (χ2v) is 5.77. The molecule has 1 fully saturated rings. The van der Waals surface area contributed by atoms with Gasteiger partial charge in [-0.3, -0.25) is 14.3 Å². The maximum absolute atomic E-state index is 12.4. The van der Waals surface area contributed by atoms with Gasteiger partial charge in [0.1, 0.15) is 6.54 Å². The monoisotopic (exact) mass is 285 g/mol. The molecule has 2 aromatic rings. The number of hydrogen-bond acceptors (Lipinski definition) is 3. The summed E-state index contributed by atoms with van der Waals surface area (Å²) in [4.78, 5) is 26.1. The zero-order chi connectivity index (χ0) is 14.8. The first-order valence-electron chi connectivity index (χ1n) is 7.38. The van der Waals surface area contributed by atoms with Crippen LogP contribution < -0.4 is 5.43 Å². The molecule has 0 spiro atoms. The summed E-state index contributed by atoms with van der Waals surface area (Å²) >= 11 is 0. The Morgan fingerprint density at radius 2 is 2.19 bits per heavy atom. The number of benzene rings is 1. The summed E-state index contributed by atoms with van der Waals surface area (Å²) in [7, 11) is 0. The molecule has 0 N–H and O–H groups in total. The number of rotatable bonds is 2. The molecule has 0 bridgehead atoms. The van der Waals surface area contributed by atoms with Crippen molar-refractivity contribution in [2.45, 2.75) is 26.3 Å². The molecule has 0 aliphatic carbocycles. The predicted molar refractivity (Wildman–Crippen MR) is 81.0 cm³/mol. The lowest BCUT2D eigenvalue weighted by Gasteiger charge is -2.31. The summed E-state index contributed by atoms with van der Waals surface area (Å²) in [6.45, 7) is 4.00. The highest BCUT2D eigenvalue weighted by Crippen LogP contribution is 2.16. The molecule has 110 valence electrons. The zero-order valence-corrected chi connectivity index (χ0v) is 12.2. The second-order valence-electron chi connectivity index (χ2n) is 5.77. The van der Waals surface area contributed by atoms with Gasteiger partial charge in [-0.05, 0) is 30.9 Å². The Hall–Kier alpha value is -2.17. The molecule has 21 heavy (non-hydrogen) atoms. The van der Waals surface area contributed by atoms with Crippen molar-refractivity contribution in [2.75, 3.05) is 13.1 Å². The fraction of sp³-hybridized carbons (Fsp3) is 0.438. The van der Waals surface area contributed by atoms with Gasteiger partial charge in [0.2, 0.25) is 11.3 Å². The molecular formula is C16H19N3O2. The number of para-hydroxylation sites is 1. The number of piperidine rings is 1. The van der Waals surface area contributed by atoms with Gasteiger partial charge in [-0.15, -0.1) is 0 Å². The number of likely N-dealkylation sites (tertiary alicyclic amines) is 1. The third-order valence-corrected chi connectivity index (χ3v) is 4.06. The van der Waals surface area contributed by atoms with Crippen LogP contribution in [0.25, 0.3) is 10.9 Å². The summed E-state index contributed by atoms with van der Waals surface area (Å²) in [6.07, 6.45) is 3.53. The van der Waals surface area contributed by atoms with Crippen LogP contribution in [0.4, 0.5) is 0 Å². The predicted octanol–water partition coefficient (Wildman–Crippen LogP) is 1.65. The van der Waals surface area contributed by atoms with Crippen molar-refractivity contribution in [3.8, 4) is 0 Å². The normalized spacial score (nSPS) is 18.9. The number of amides is 1. The average Bonchev–Trinajstić information content (AvgIpc) is 2.50. The maximum atomic E-state index is 12.4. The second kappa shape index (κ2) is 5.68. The fourth-order valence-electron chi connectivity index (χ4n) is 2.93. The molecule has 3 rings (SSSR count). The topological polar surface area (TPSA) is 55.2 Å². The van der Waals surface area contributed by atoms with E-state index in [1.54, 1.807) is 10.7 Å². The third kappa shape index (κ3) is 2.82. The quantitative estimate of drug-likeness (QED) is 0.843. The van der Waals surface area contributed by atoms with Crippen LogP contribution in [-0.2, 0) is 11.3 Å². The Bertz CT molecular complexity index is 723. The van der Waals surface area contributed by atoms with Crippen LogP contribution >= 0.6 is 0 Å². The number of carbonyl (C=O) groups excluding carboxylic acids is 1. The van der Waals surface area contributed by atoms with Crippen molar-refractivity contribution in [3.63, 3.8) is 0 Å². The Kier molecular flexibility index (Phi) is 3.73. The van der Waals surface area contributed by atoms with Crippen molar-refractivity contribution < 1.29 is 4.79 Å². The molecule has 1 aliphatic rings. The molecule has 0 saturated carbocycles. The molecular weight excluding hydrogens is 266 g/mol. The Morgan fingerprint density at radius 1 is 1.38 bits per heavy atom. The van der Waals surface area contributed by atoms with E-state index in [4.69, 9.17) is 0 Å². The van der Waals surface area contributed by atoms with Gasteiger partial charge in [0.15, 0.2) is 0 Å². The number of carbonyl (C=O) groups is 1. The van der Waals surface area contributed by atoms with Gasteiger partial charge < -0.3 is 4.90 Å². The molecule has 5 nitrogen and oxygen atoms in total. The molecule has 1 saturated heterocycles. The van der Waals surface area contributed by atoms with Crippen LogP contribution in [0.3, 0.4) is 0 Å². The fourth-order valence-corrected chi connectivity index (χ4v) is 2.93. The Balaban J connectivity index is 1.86. The Labute approximate surface area is 123 Å². The minimum absolute atomic E-state index is 0.0721. The highest BCUT2D eigenvalue weighted by molar-refractivity contribution is 5.81. The van der Waals surface area contributed by atoms with Gasteiger partial charge >= 0.3 is 0 Å². The van der Waals surface area contributed by atoms with Crippen LogP contribution in [-0.4, -0.2) is 33.7 Å². The van der Waals surface area contributed by atoms with E-state index in [0.717, 1.165) is 19.5 Å². The van der Waals surface area contributed by atoms with Gasteiger partial charge in [-0.2, -0.15) is 5.10 Å². The molecule has 1 unspecified atom stereocenters. The summed E-state index contributed by atoms with van der Waals surface area (Å²) in [6, 6.07) is 7.27. The van der Waals surface area contributed by atoms with Gasteiger partial charge in [0, 0.05) is 18.5 Å². The summed E-state index contributed by atoms with van der Waals surface area (Å²) in [5.41, 5.74) is 0.601. The molecule has 2 heterocycles. The number of aromatic nitrogens is 2. The van der Waals surface area contributed by atoms with Crippen molar-refractivity contribution in [1.82, 2.24) is 14.7 Å². The molecule has 1 atom stereocenters. The van der Waals surface area contributed by atoms with Crippen molar-refractivity contribution in [1.29, 1.82) is 0 Å². The van der Waals surface area contributed by atoms with E-state index in [2.05, 4.69) is 12.0 Å². The van der Waals surface area contributed by atoms with Crippen molar-refractivity contribution in [2.24, 2.45) is 5.92 Å². The Morgan fingerprint density at radius 3 is 3.00 bits per heavy atom. The van der Waals surface area contributed by atoms with E-state index < -0.39 is 0 Å². The van der Waals surface area contributed by atoms with Crippen LogP contribution in [0, 0.1) is 5.92 Å². The lowest BCUT2D eigenvalue weighted by molar-refractivity contribution is -0.133. The first-order chi connectivity index (χ1) is 10.1. The van der Waals surface area contributed by atoms with Gasteiger partial charge in [-0.1, -0.05) is 19.1 Å². The summed E-state index contributed by atoms with van der Waals surface area (Å²) in [5.74, 6) is 0.629. The summed E-state index contributed by atoms with van der Waals surface area (Å²) in [5, 5.41) is 4.72. The number of nitrogens with zero attached hydrogens (tertiary/aromatic N) is 3. The van der Waals surface area contributed by atoms with Gasteiger partial charge in [-0.25, -0.2) is 0 Å². The number of hydrogen-bond donors (Lipinski definition) is 0. The minimum atomic E-state index is -0.110. The first-order valence-corrected chi connectivity index (χ1v) is 7.38. The van der Waals surface area contributed by atoms with E-state index in [-0.39, 0.29) is 17.9 Å². The van der Waals surface area contributed by atoms with Gasteiger partial charge in [0.25, 0.3) is 0 Å². The lowest BCUT2D eigenvalue weighted by atomic mass is 10.0. The van der Waals surface area contributed by atoms with Crippen LogP contribution in [0.5, 0.6) is 0 Å². The molecule has 1 amide bonds. The van der Waals surface area contributed by atoms with E-state index in [0.29, 0.717) is 16.8 Å². The van der Waals surface area contributed by atoms with Crippen LogP contribution in [0.15, 0.2) is 35.3 Å². The molecule has 5 heteroatoms. The maximum Gasteiger partial charge on any atom is 0.244 e. The highest BCUT2D eigenvalue weighted by Gasteiger charge is 2.21. The van der Waals surface area contributed by atoms with Crippen molar-refractivity contribution in [3.05, 3.63) is 40.7 Å². The number of fused-ring (bicyclic) bond motifs is 1. The first kappa shape index (κ1) is 13.8. The lowest BCUT2D eigenvalue weighted by Crippen LogP contribution is -2.41. The highest BCUT2D eigenvalue weighted by atomic mass is 16.2. The van der Waals surface area contributed by atoms with Crippen LogP contribution in [0.1, 0.15) is 19.8 Å². The van der Waals surface area contributed by atoms with Gasteiger partial charge in [0.05, 0.1) is 11.7 Å². The van der Waals surface area contributed by atoms with E-state index >= 15 is 0 Å². The molecule has 1 aromatic heterocycles. The largest absolute Gasteiger partial charge is 0.341 e. The summed E-state index contributed by atoms with van der Waals surface area (Å²) < 4.78 is 1.62. The van der Waals surface area contributed by atoms with Crippen molar-refractivity contribution >= 4 is 16.8 Å². The molecule has 0 radical (unpaired) electrons. The third-order valence-electron chi connectivity index (χ3n) is 4.06. The minimum Gasteiger partial charge on any atom is -0.341 e. The van der Waals surface area contributed by atoms with E-state index in [1.807, 2.05) is 23.1 Å². The zero-order valence-electron chi connectivity index (χ0n) is 12.2.